The molecule has 0 radical (unpaired) electrons. The van der Waals surface area contributed by atoms with Gasteiger partial charge in [-0.15, -0.1) is 6.58 Å². The lowest BCUT2D eigenvalue weighted by Crippen LogP contribution is -2.48. The second kappa shape index (κ2) is 8.38. The predicted molar refractivity (Wildman–Crippen MR) is 95.4 cm³/mol. The van der Waals surface area contributed by atoms with Crippen LogP contribution in [-0.2, 0) is 9.53 Å². The fourth-order valence-corrected chi connectivity index (χ4v) is 2.14. The molecular weight excluding hydrogens is 306 g/mol. The minimum absolute atomic E-state index is 0.286. The number of carbonyl (C=O) groups is 2. The van der Waals surface area contributed by atoms with Gasteiger partial charge >= 0.3 is 6.09 Å². The molecule has 6 nitrogen and oxygen atoms in total. The Morgan fingerprint density at radius 3 is 2.46 bits per heavy atom. The van der Waals surface area contributed by atoms with Crippen molar-refractivity contribution in [1.82, 2.24) is 10.6 Å². The first-order valence-corrected chi connectivity index (χ1v) is 7.89. The Morgan fingerprint density at radius 1 is 1.29 bits per heavy atom. The summed E-state index contributed by atoms with van der Waals surface area (Å²) < 4.78 is 5.19. The lowest BCUT2D eigenvalue weighted by atomic mass is 10.1. The molecule has 0 aliphatic carbocycles. The molecule has 0 saturated heterocycles. The van der Waals surface area contributed by atoms with Crippen LogP contribution in [0.3, 0.4) is 0 Å². The van der Waals surface area contributed by atoms with Crippen molar-refractivity contribution in [3.8, 4) is 0 Å². The van der Waals surface area contributed by atoms with Crippen LogP contribution in [0.5, 0.6) is 0 Å². The van der Waals surface area contributed by atoms with E-state index in [4.69, 9.17) is 10.5 Å². The number of nitrogens with two attached hydrogens (primary N) is 1. The van der Waals surface area contributed by atoms with E-state index in [1.54, 1.807) is 32.9 Å². The Labute approximate surface area is 143 Å². The normalized spacial score (nSPS) is 13.5. The van der Waals surface area contributed by atoms with Gasteiger partial charge in [0.05, 0.1) is 6.04 Å². The third-order valence-electron chi connectivity index (χ3n) is 3.23. The van der Waals surface area contributed by atoms with Crippen LogP contribution in [0.1, 0.15) is 45.7 Å². The number of nitrogens with one attached hydrogen (secondary N) is 2. The summed E-state index contributed by atoms with van der Waals surface area (Å²) in [6, 6.07) is 6.27. The fraction of sp³-hybridized carbons (Fsp3) is 0.444. The van der Waals surface area contributed by atoms with Crippen LogP contribution >= 0.6 is 0 Å². The largest absolute Gasteiger partial charge is 0.444 e. The number of hydrogen-bond acceptors (Lipinski definition) is 4. The molecule has 1 unspecified atom stereocenters. The molecule has 0 spiro atoms. The van der Waals surface area contributed by atoms with Gasteiger partial charge in [0.2, 0.25) is 5.91 Å². The third-order valence-corrected chi connectivity index (χ3v) is 3.23. The first kappa shape index (κ1) is 19.5. The second-order valence-electron chi connectivity index (χ2n) is 6.58. The molecule has 2 atom stereocenters. The minimum Gasteiger partial charge on any atom is -0.444 e. The van der Waals surface area contributed by atoms with Crippen LogP contribution < -0.4 is 16.4 Å². The number of para-hydroxylation sites is 1. The van der Waals surface area contributed by atoms with Crippen LogP contribution in [0.4, 0.5) is 10.5 Å². The van der Waals surface area contributed by atoms with Crippen LogP contribution in [0.2, 0.25) is 0 Å². The monoisotopic (exact) mass is 333 g/mol. The Balaban J connectivity index is 2.74. The number of alkyl carbamates (subject to hydrolysis) is 1. The topological polar surface area (TPSA) is 93.4 Å². The van der Waals surface area contributed by atoms with Crippen molar-refractivity contribution < 1.29 is 14.3 Å². The average molecular weight is 333 g/mol. The highest BCUT2D eigenvalue weighted by atomic mass is 16.6. The summed E-state index contributed by atoms with van der Waals surface area (Å²) >= 11 is 0. The summed E-state index contributed by atoms with van der Waals surface area (Å²) in [5.74, 6) is -0.323. The Hall–Kier alpha value is -2.50. The summed E-state index contributed by atoms with van der Waals surface area (Å²) in [6.07, 6.45) is 1.22. The first-order valence-electron chi connectivity index (χ1n) is 7.89. The highest BCUT2D eigenvalue weighted by Gasteiger charge is 2.24. The van der Waals surface area contributed by atoms with Gasteiger partial charge in [0.25, 0.3) is 0 Å². The van der Waals surface area contributed by atoms with Crippen molar-refractivity contribution >= 4 is 17.7 Å². The molecule has 6 heteroatoms. The molecule has 24 heavy (non-hydrogen) atoms. The maximum Gasteiger partial charge on any atom is 0.408 e. The number of hydrogen-bond donors (Lipinski definition) is 3. The van der Waals surface area contributed by atoms with E-state index in [-0.39, 0.29) is 11.9 Å². The maximum absolute atomic E-state index is 12.5. The molecule has 1 aromatic carbocycles. The first-order chi connectivity index (χ1) is 11.1. The van der Waals surface area contributed by atoms with Crippen LogP contribution in [0.15, 0.2) is 36.9 Å². The van der Waals surface area contributed by atoms with Gasteiger partial charge in [-0.2, -0.15) is 0 Å². The fourth-order valence-electron chi connectivity index (χ4n) is 2.14. The summed E-state index contributed by atoms with van der Waals surface area (Å²) in [5.41, 5.74) is 6.71. The number of benzene rings is 1. The number of ether oxygens (including phenoxy) is 1. The molecule has 0 bridgehead atoms. The SMILES string of the molecule is C=CC[C@H](NC(=O)OC(C)(C)C)C(=O)NC(C)c1ccccc1N. The lowest BCUT2D eigenvalue weighted by molar-refractivity contribution is -0.123. The van der Waals surface area contributed by atoms with E-state index in [9.17, 15) is 9.59 Å². The van der Waals surface area contributed by atoms with E-state index >= 15 is 0 Å². The lowest BCUT2D eigenvalue weighted by Gasteiger charge is -2.24. The summed E-state index contributed by atoms with van der Waals surface area (Å²) in [5, 5.41) is 5.42. The van der Waals surface area contributed by atoms with Crippen molar-refractivity contribution in [2.75, 3.05) is 5.73 Å². The molecule has 132 valence electrons. The van der Waals surface area contributed by atoms with E-state index in [1.165, 1.54) is 0 Å². The van der Waals surface area contributed by atoms with Gasteiger partial charge in [0, 0.05) is 5.69 Å². The quantitative estimate of drug-likeness (QED) is 0.551. The van der Waals surface area contributed by atoms with Crippen molar-refractivity contribution in [2.24, 2.45) is 0 Å². The van der Waals surface area contributed by atoms with E-state index in [0.29, 0.717) is 12.1 Å². The minimum atomic E-state index is -0.760. The van der Waals surface area contributed by atoms with Gasteiger partial charge in [0.15, 0.2) is 0 Å². The van der Waals surface area contributed by atoms with Crippen molar-refractivity contribution in [3.63, 3.8) is 0 Å². The van der Waals surface area contributed by atoms with Gasteiger partial charge in [0.1, 0.15) is 11.6 Å². The van der Waals surface area contributed by atoms with Crippen molar-refractivity contribution in [3.05, 3.63) is 42.5 Å². The Bertz CT molecular complexity index is 593. The maximum atomic E-state index is 12.5. The second-order valence-corrected chi connectivity index (χ2v) is 6.58. The zero-order valence-electron chi connectivity index (χ0n) is 14.8. The molecule has 0 fully saturated rings. The molecule has 0 aliphatic heterocycles. The Morgan fingerprint density at radius 2 is 1.92 bits per heavy atom. The molecule has 0 aliphatic rings. The zero-order valence-corrected chi connectivity index (χ0v) is 14.8. The number of carbonyl (C=O) groups excluding carboxylic acids is 2. The average Bonchev–Trinajstić information content (AvgIpc) is 2.45. The standard InChI is InChI=1S/C18H27N3O3/c1-6-9-15(21-17(23)24-18(3,4)5)16(22)20-12(2)13-10-7-8-11-14(13)19/h6-8,10-12,15H,1,9,19H2,2-5H3,(H,20,22)(H,21,23)/t12?,15-/m0/s1. The molecule has 1 aromatic rings. The molecule has 4 N–H and O–H groups in total. The van der Waals surface area contributed by atoms with Crippen LogP contribution in [-0.4, -0.2) is 23.6 Å². The van der Waals surface area contributed by atoms with E-state index in [1.807, 2.05) is 25.1 Å². The smallest absolute Gasteiger partial charge is 0.408 e. The molecule has 2 amide bonds. The van der Waals surface area contributed by atoms with E-state index in [2.05, 4.69) is 17.2 Å². The van der Waals surface area contributed by atoms with Crippen molar-refractivity contribution in [1.29, 1.82) is 0 Å². The highest BCUT2D eigenvalue weighted by molar-refractivity contribution is 5.86. The molecule has 1 rings (SSSR count). The molecule has 0 heterocycles. The van der Waals surface area contributed by atoms with E-state index < -0.39 is 17.7 Å². The number of amides is 2. The molecular formula is C18H27N3O3. The van der Waals surface area contributed by atoms with Crippen LogP contribution in [0, 0.1) is 0 Å². The number of nitrogen functional groups attached to an aromatic ring is 1. The summed E-state index contributed by atoms with van der Waals surface area (Å²) in [7, 11) is 0. The van der Waals surface area contributed by atoms with E-state index in [0.717, 1.165) is 5.56 Å². The van der Waals surface area contributed by atoms with Gasteiger partial charge in [-0.05, 0) is 45.7 Å². The predicted octanol–water partition coefficient (Wildman–Crippen LogP) is 2.92. The van der Waals surface area contributed by atoms with Gasteiger partial charge in [-0.1, -0.05) is 24.3 Å². The van der Waals surface area contributed by atoms with Gasteiger partial charge in [-0.25, -0.2) is 4.79 Å². The Kier molecular flexibility index (Phi) is 6.82. The van der Waals surface area contributed by atoms with Gasteiger partial charge < -0.3 is 21.1 Å². The third kappa shape index (κ3) is 6.32. The highest BCUT2D eigenvalue weighted by Crippen LogP contribution is 2.19. The number of anilines is 1. The van der Waals surface area contributed by atoms with Crippen LogP contribution in [0.25, 0.3) is 0 Å². The number of rotatable bonds is 6. The molecule has 0 aromatic heterocycles. The van der Waals surface area contributed by atoms with Gasteiger partial charge in [-0.3, -0.25) is 4.79 Å². The summed E-state index contributed by atoms with van der Waals surface area (Å²) in [6.45, 7) is 10.7. The summed E-state index contributed by atoms with van der Waals surface area (Å²) in [4.78, 5) is 24.3. The van der Waals surface area contributed by atoms with Crippen molar-refractivity contribution in [2.45, 2.75) is 51.8 Å². The molecule has 0 saturated carbocycles. The zero-order chi connectivity index (χ0) is 18.3.